The third-order valence-electron chi connectivity index (χ3n) is 4.67. The third-order valence-corrected chi connectivity index (χ3v) is 4.67. The average Bonchev–Trinajstić information content (AvgIpc) is 2.66. The number of amides is 2. The number of ether oxygens (including phenoxy) is 2. The van der Waals surface area contributed by atoms with Crippen molar-refractivity contribution < 1.29 is 23.9 Å². The summed E-state index contributed by atoms with van der Waals surface area (Å²) in [6, 6.07) is 8.89. The van der Waals surface area contributed by atoms with Gasteiger partial charge in [0.05, 0.1) is 0 Å². The molecule has 1 aromatic carbocycles. The van der Waals surface area contributed by atoms with Gasteiger partial charge in [-0.15, -0.1) is 0 Å². The zero-order valence-corrected chi connectivity index (χ0v) is 17.8. The molecule has 0 N–H and O–H groups in total. The summed E-state index contributed by atoms with van der Waals surface area (Å²) < 4.78 is 10.6. The predicted molar refractivity (Wildman–Crippen MR) is 109 cm³/mol. The summed E-state index contributed by atoms with van der Waals surface area (Å²) in [4.78, 5) is 40.0. The molecule has 7 nitrogen and oxygen atoms in total. The first-order chi connectivity index (χ1) is 13.7. The van der Waals surface area contributed by atoms with Crippen LogP contribution >= 0.6 is 0 Å². The van der Waals surface area contributed by atoms with Gasteiger partial charge in [0.2, 0.25) is 5.91 Å². The summed E-state index contributed by atoms with van der Waals surface area (Å²) in [7, 11) is 0. The van der Waals surface area contributed by atoms with Crippen LogP contribution in [0.3, 0.4) is 0 Å². The Labute approximate surface area is 172 Å². The highest BCUT2D eigenvalue weighted by molar-refractivity contribution is 5.86. The largest absolute Gasteiger partial charge is 0.460 e. The third kappa shape index (κ3) is 7.40. The molecule has 1 heterocycles. The summed E-state index contributed by atoms with van der Waals surface area (Å²) in [6.45, 7) is 8.91. The molecule has 1 aliphatic rings. The Bertz CT molecular complexity index is 699. The maximum absolute atomic E-state index is 12.6. The maximum atomic E-state index is 12.6. The lowest BCUT2D eigenvalue weighted by Crippen LogP contribution is -2.57. The zero-order chi connectivity index (χ0) is 21.4. The van der Waals surface area contributed by atoms with Gasteiger partial charge < -0.3 is 14.4 Å². The van der Waals surface area contributed by atoms with Crippen LogP contribution in [-0.4, -0.2) is 59.0 Å². The number of carbonyl (C=O) groups excluding carboxylic acids is 3. The molecule has 29 heavy (non-hydrogen) atoms. The fraction of sp³-hybridized carbons (Fsp3) is 0.591. The molecule has 0 saturated carbocycles. The molecule has 0 aliphatic carbocycles. The van der Waals surface area contributed by atoms with Crippen LogP contribution in [-0.2, 0) is 25.7 Å². The quantitative estimate of drug-likeness (QED) is 0.514. The zero-order valence-electron chi connectivity index (χ0n) is 17.8. The van der Waals surface area contributed by atoms with Gasteiger partial charge in [0.25, 0.3) is 0 Å². The minimum absolute atomic E-state index is 0.0924. The summed E-state index contributed by atoms with van der Waals surface area (Å²) in [6.07, 6.45) is 1.25. The lowest BCUT2D eigenvalue weighted by Gasteiger charge is -2.38. The number of rotatable bonds is 7. The second-order valence-corrected chi connectivity index (χ2v) is 8.28. The summed E-state index contributed by atoms with van der Waals surface area (Å²) in [5.41, 5.74) is 0.428. The van der Waals surface area contributed by atoms with E-state index in [4.69, 9.17) is 9.47 Å². The first-order valence-corrected chi connectivity index (χ1v) is 10.2. The van der Waals surface area contributed by atoms with Gasteiger partial charge in [-0.3, -0.25) is 14.5 Å². The molecule has 0 spiro atoms. The average molecular weight is 405 g/mol. The van der Waals surface area contributed by atoms with E-state index < -0.39 is 17.7 Å². The highest BCUT2D eigenvalue weighted by atomic mass is 16.6. The van der Waals surface area contributed by atoms with Crippen LogP contribution in [0.15, 0.2) is 30.3 Å². The van der Waals surface area contributed by atoms with Gasteiger partial charge in [0.1, 0.15) is 18.2 Å². The normalized spacial score (nSPS) is 17.2. The molecule has 2 amide bonds. The Morgan fingerprint density at radius 2 is 1.79 bits per heavy atom. The molecular weight excluding hydrogens is 372 g/mol. The maximum Gasteiger partial charge on any atom is 0.410 e. The van der Waals surface area contributed by atoms with Crippen LogP contribution in [0.5, 0.6) is 0 Å². The van der Waals surface area contributed by atoms with Gasteiger partial charge >= 0.3 is 12.1 Å². The molecule has 1 saturated heterocycles. The molecule has 1 fully saturated rings. The van der Waals surface area contributed by atoms with E-state index in [1.54, 1.807) is 11.8 Å². The fourth-order valence-corrected chi connectivity index (χ4v) is 3.17. The van der Waals surface area contributed by atoms with E-state index in [0.717, 1.165) is 12.0 Å². The van der Waals surface area contributed by atoms with Crippen LogP contribution in [0.25, 0.3) is 0 Å². The van der Waals surface area contributed by atoms with E-state index >= 15 is 0 Å². The van der Waals surface area contributed by atoms with Crippen molar-refractivity contribution >= 4 is 18.0 Å². The highest BCUT2D eigenvalue weighted by Crippen LogP contribution is 2.15. The predicted octanol–water partition coefficient (Wildman–Crippen LogP) is 3.37. The van der Waals surface area contributed by atoms with E-state index in [-0.39, 0.29) is 18.5 Å². The summed E-state index contributed by atoms with van der Waals surface area (Å²) >= 11 is 0. The Hall–Kier alpha value is -2.57. The second-order valence-electron chi connectivity index (χ2n) is 8.28. The van der Waals surface area contributed by atoms with Crippen LogP contribution in [0.2, 0.25) is 0 Å². The van der Waals surface area contributed by atoms with Gasteiger partial charge in [-0.05, 0) is 46.1 Å². The van der Waals surface area contributed by atoms with Crippen molar-refractivity contribution in [3.05, 3.63) is 35.9 Å². The Morgan fingerprint density at radius 1 is 1.10 bits per heavy atom. The van der Waals surface area contributed by atoms with Crippen molar-refractivity contribution in [2.45, 2.75) is 65.2 Å². The van der Waals surface area contributed by atoms with Crippen molar-refractivity contribution in [2.24, 2.45) is 0 Å². The number of carbonyl (C=O) groups is 3. The van der Waals surface area contributed by atoms with Gasteiger partial charge in [0, 0.05) is 26.1 Å². The number of hydrogen-bond donors (Lipinski definition) is 0. The minimum atomic E-state index is -0.558. The lowest BCUT2D eigenvalue weighted by atomic mass is 10.1. The number of hydrogen-bond acceptors (Lipinski definition) is 5. The first kappa shape index (κ1) is 22.7. The number of unbranched alkanes of at least 4 members (excludes halogenated alkanes) is 1. The van der Waals surface area contributed by atoms with Gasteiger partial charge in [-0.2, -0.15) is 0 Å². The number of esters is 1. The van der Waals surface area contributed by atoms with Crippen LogP contribution < -0.4 is 0 Å². The molecule has 1 aliphatic heterocycles. The molecule has 1 atom stereocenters. The number of benzene rings is 1. The molecule has 1 unspecified atom stereocenters. The molecular formula is C22H32N2O5. The van der Waals surface area contributed by atoms with Crippen molar-refractivity contribution in [3.8, 4) is 0 Å². The van der Waals surface area contributed by atoms with E-state index in [9.17, 15) is 14.4 Å². The monoisotopic (exact) mass is 404 g/mol. The smallest absolute Gasteiger partial charge is 0.410 e. The fourth-order valence-electron chi connectivity index (χ4n) is 3.17. The molecule has 0 radical (unpaired) electrons. The molecule has 2 rings (SSSR count). The number of nitrogens with zero attached hydrogens (tertiary/aromatic N) is 2. The van der Waals surface area contributed by atoms with E-state index in [0.29, 0.717) is 32.5 Å². The lowest BCUT2D eigenvalue weighted by molar-refractivity contribution is -0.154. The molecule has 0 bridgehead atoms. The number of piperazine rings is 1. The van der Waals surface area contributed by atoms with Crippen LogP contribution in [0.1, 0.15) is 52.5 Å². The van der Waals surface area contributed by atoms with Crippen molar-refractivity contribution in [2.75, 3.05) is 19.6 Å². The van der Waals surface area contributed by atoms with E-state index in [2.05, 4.69) is 0 Å². The topological polar surface area (TPSA) is 76.2 Å². The summed E-state index contributed by atoms with van der Waals surface area (Å²) in [5, 5.41) is 0. The first-order valence-electron chi connectivity index (χ1n) is 10.2. The van der Waals surface area contributed by atoms with Crippen LogP contribution in [0, 0.1) is 0 Å². The highest BCUT2D eigenvalue weighted by Gasteiger charge is 2.34. The molecule has 0 aromatic heterocycles. The standard InChI is InChI=1S/C22H32N2O5/c1-17-20(26)23(13-9-8-12-19(25)29-22(2,3)4)14-15-24(17)21(27)28-16-18-10-6-5-7-11-18/h5-7,10-11,17H,8-9,12-16H2,1-4H3. The van der Waals surface area contributed by atoms with Crippen molar-refractivity contribution in [1.29, 1.82) is 0 Å². The van der Waals surface area contributed by atoms with Crippen molar-refractivity contribution in [1.82, 2.24) is 9.80 Å². The van der Waals surface area contributed by atoms with E-state index in [1.807, 2.05) is 51.1 Å². The Morgan fingerprint density at radius 3 is 2.45 bits per heavy atom. The van der Waals surface area contributed by atoms with Crippen molar-refractivity contribution in [3.63, 3.8) is 0 Å². The second kappa shape index (κ2) is 10.3. The SMILES string of the molecule is CC1C(=O)N(CCCCC(=O)OC(C)(C)C)CCN1C(=O)OCc1ccccc1. The molecule has 160 valence electrons. The molecule has 1 aromatic rings. The van der Waals surface area contributed by atoms with Gasteiger partial charge in [0.15, 0.2) is 0 Å². The van der Waals surface area contributed by atoms with Crippen LogP contribution in [0.4, 0.5) is 4.79 Å². The molecule has 7 heteroatoms. The Balaban J connectivity index is 1.73. The minimum Gasteiger partial charge on any atom is -0.460 e. The van der Waals surface area contributed by atoms with Gasteiger partial charge in [-0.25, -0.2) is 4.79 Å². The Kier molecular flexibility index (Phi) is 8.05. The van der Waals surface area contributed by atoms with E-state index in [1.165, 1.54) is 4.90 Å². The van der Waals surface area contributed by atoms with Gasteiger partial charge in [-0.1, -0.05) is 30.3 Å². The summed E-state index contributed by atoms with van der Waals surface area (Å²) in [5.74, 6) is -0.312.